The van der Waals surface area contributed by atoms with Gasteiger partial charge < -0.3 is 9.47 Å². The van der Waals surface area contributed by atoms with Gasteiger partial charge in [0.1, 0.15) is 0 Å². The van der Waals surface area contributed by atoms with Gasteiger partial charge >= 0.3 is 0 Å². The maximum atomic E-state index is 5.47. The predicted octanol–water partition coefficient (Wildman–Crippen LogP) is 2.27. The molecule has 0 atom stereocenters. The Morgan fingerprint density at radius 3 is 2.77 bits per heavy atom. The zero-order valence-corrected chi connectivity index (χ0v) is 8.12. The fraction of sp³-hybridized carbons (Fsp3) is 0.500. The zero-order valence-electron chi connectivity index (χ0n) is 8.12. The van der Waals surface area contributed by atoms with E-state index in [2.05, 4.69) is 11.9 Å². The number of aromatic nitrogens is 1. The Hall–Kier alpha value is -1.25. The van der Waals surface area contributed by atoms with Crippen molar-refractivity contribution in [1.82, 2.24) is 4.98 Å². The summed E-state index contributed by atoms with van der Waals surface area (Å²) in [4.78, 5) is 3.97. The highest BCUT2D eigenvalue weighted by Gasteiger charge is 2.02. The van der Waals surface area contributed by atoms with Crippen molar-refractivity contribution in [2.75, 3.05) is 13.2 Å². The maximum Gasteiger partial charge on any atom is 0.179 e. The molecule has 1 aromatic heterocycles. The van der Waals surface area contributed by atoms with Crippen LogP contribution in [0.5, 0.6) is 11.5 Å². The summed E-state index contributed by atoms with van der Waals surface area (Å²) in [5.41, 5.74) is 0. The number of pyridine rings is 1. The smallest absolute Gasteiger partial charge is 0.179 e. The van der Waals surface area contributed by atoms with Crippen LogP contribution < -0.4 is 9.47 Å². The first-order valence-corrected chi connectivity index (χ1v) is 4.58. The van der Waals surface area contributed by atoms with Crippen LogP contribution in [0.15, 0.2) is 18.5 Å². The third kappa shape index (κ3) is 2.93. The van der Waals surface area contributed by atoms with Gasteiger partial charge in [0.25, 0.3) is 0 Å². The molecule has 1 aromatic rings. The largest absolute Gasteiger partial charge is 0.490 e. The van der Waals surface area contributed by atoms with E-state index in [-0.39, 0.29) is 0 Å². The summed E-state index contributed by atoms with van der Waals surface area (Å²) in [6.07, 6.45) is 4.37. The lowest BCUT2D eigenvalue weighted by Crippen LogP contribution is -1.99. The standard InChI is InChI=1S/C10H15NO2/c1-3-7-13-9-5-6-11-8-10(9)12-4-2/h5-6,8H,3-4,7H2,1-2H3. The molecule has 0 aliphatic heterocycles. The number of rotatable bonds is 5. The first-order chi connectivity index (χ1) is 6.38. The summed E-state index contributed by atoms with van der Waals surface area (Å²) in [6, 6.07) is 1.82. The van der Waals surface area contributed by atoms with E-state index >= 15 is 0 Å². The van der Waals surface area contributed by atoms with E-state index in [1.54, 1.807) is 12.4 Å². The minimum atomic E-state index is 0.633. The first kappa shape index (κ1) is 9.84. The summed E-state index contributed by atoms with van der Waals surface area (Å²) < 4.78 is 10.8. The molecule has 0 spiro atoms. The SMILES string of the molecule is CCCOc1ccncc1OCC. The van der Waals surface area contributed by atoms with Crippen LogP contribution in [-0.2, 0) is 0 Å². The van der Waals surface area contributed by atoms with Gasteiger partial charge in [-0.3, -0.25) is 4.98 Å². The Morgan fingerprint density at radius 1 is 1.23 bits per heavy atom. The molecular formula is C10H15NO2. The van der Waals surface area contributed by atoms with Crippen molar-refractivity contribution in [3.63, 3.8) is 0 Å². The van der Waals surface area contributed by atoms with E-state index in [9.17, 15) is 0 Å². The molecule has 0 aliphatic rings. The van der Waals surface area contributed by atoms with Crippen LogP contribution in [-0.4, -0.2) is 18.2 Å². The molecule has 0 amide bonds. The average Bonchev–Trinajstić information content (AvgIpc) is 2.17. The lowest BCUT2D eigenvalue weighted by molar-refractivity contribution is 0.276. The van der Waals surface area contributed by atoms with Crippen molar-refractivity contribution in [1.29, 1.82) is 0 Å². The Labute approximate surface area is 78.7 Å². The van der Waals surface area contributed by atoms with Gasteiger partial charge in [-0.15, -0.1) is 0 Å². The lowest BCUT2D eigenvalue weighted by Gasteiger charge is -2.09. The summed E-state index contributed by atoms with van der Waals surface area (Å²) >= 11 is 0. The maximum absolute atomic E-state index is 5.47. The van der Waals surface area contributed by atoms with E-state index in [4.69, 9.17) is 9.47 Å². The van der Waals surface area contributed by atoms with E-state index in [1.165, 1.54) is 0 Å². The number of nitrogens with zero attached hydrogens (tertiary/aromatic N) is 1. The topological polar surface area (TPSA) is 31.4 Å². The van der Waals surface area contributed by atoms with Gasteiger partial charge in [0.2, 0.25) is 0 Å². The molecule has 0 bridgehead atoms. The fourth-order valence-electron chi connectivity index (χ4n) is 0.962. The Balaban J connectivity index is 2.66. The molecule has 0 aromatic carbocycles. The average molecular weight is 181 g/mol. The van der Waals surface area contributed by atoms with Crippen molar-refractivity contribution >= 4 is 0 Å². The molecule has 1 rings (SSSR count). The Morgan fingerprint density at radius 2 is 2.08 bits per heavy atom. The van der Waals surface area contributed by atoms with Gasteiger partial charge in [0, 0.05) is 12.3 Å². The molecule has 0 saturated heterocycles. The molecule has 3 heteroatoms. The molecule has 0 unspecified atom stereocenters. The summed E-state index contributed by atoms with van der Waals surface area (Å²) in [5.74, 6) is 1.50. The van der Waals surface area contributed by atoms with E-state index in [1.807, 2.05) is 13.0 Å². The van der Waals surface area contributed by atoms with E-state index in [0.29, 0.717) is 13.2 Å². The molecule has 0 saturated carbocycles. The zero-order chi connectivity index (χ0) is 9.52. The Bertz CT molecular complexity index is 250. The number of ether oxygens (including phenoxy) is 2. The van der Waals surface area contributed by atoms with Crippen LogP contribution in [0.25, 0.3) is 0 Å². The third-order valence-electron chi connectivity index (χ3n) is 1.51. The van der Waals surface area contributed by atoms with Crippen LogP contribution in [0.3, 0.4) is 0 Å². The summed E-state index contributed by atoms with van der Waals surface area (Å²) in [6.45, 7) is 5.36. The van der Waals surface area contributed by atoms with Crippen molar-refractivity contribution in [2.45, 2.75) is 20.3 Å². The summed E-state index contributed by atoms with van der Waals surface area (Å²) in [7, 11) is 0. The highest BCUT2D eigenvalue weighted by atomic mass is 16.5. The van der Waals surface area contributed by atoms with Crippen LogP contribution in [0.4, 0.5) is 0 Å². The van der Waals surface area contributed by atoms with Gasteiger partial charge in [0.05, 0.1) is 19.4 Å². The van der Waals surface area contributed by atoms with E-state index < -0.39 is 0 Å². The van der Waals surface area contributed by atoms with Crippen LogP contribution >= 0.6 is 0 Å². The minimum Gasteiger partial charge on any atom is -0.490 e. The molecule has 0 radical (unpaired) electrons. The monoisotopic (exact) mass is 181 g/mol. The van der Waals surface area contributed by atoms with Crippen LogP contribution in [0, 0.1) is 0 Å². The second-order valence-electron chi connectivity index (χ2n) is 2.60. The molecular weight excluding hydrogens is 166 g/mol. The lowest BCUT2D eigenvalue weighted by atomic mass is 10.4. The molecule has 3 nitrogen and oxygen atoms in total. The highest BCUT2D eigenvalue weighted by molar-refractivity contribution is 5.36. The molecule has 0 N–H and O–H groups in total. The number of hydrogen-bond donors (Lipinski definition) is 0. The van der Waals surface area contributed by atoms with Crippen molar-refractivity contribution < 1.29 is 9.47 Å². The van der Waals surface area contributed by atoms with Crippen LogP contribution in [0.1, 0.15) is 20.3 Å². The van der Waals surface area contributed by atoms with Crippen LogP contribution in [0.2, 0.25) is 0 Å². The molecule has 1 heterocycles. The van der Waals surface area contributed by atoms with Gasteiger partial charge in [-0.25, -0.2) is 0 Å². The van der Waals surface area contributed by atoms with Crippen molar-refractivity contribution in [3.05, 3.63) is 18.5 Å². The molecule has 0 fully saturated rings. The van der Waals surface area contributed by atoms with Gasteiger partial charge in [0.15, 0.2) is 11.5 Å². The van der Waals surface area contributed by atoms with Crippen molar-refractivity contribution in [3.8, 4) is 11.5 Å². The van der Waals surface area contributed by atoms with Crippen molar-refractivity contribution in [2.24, 2.45) is 0 Å². The third-order valence-corrected chi connectivity index (χ3v) is 1.51. The quantitative estimate of drug-likeness (QED) is 0.698. The molecule has 72 valence electrons. The van der Waals surface area contributed by atoms with E-state index in [0.717, 1.165) is 17.9 Å². The van der Waals surface area contributed by atoms with Gasteiger partial charge in [-0.1, -0.05) is 6.92 Å². The second-order valence-corrected chi connectivity index (χ2v) is 2.60. The molecule has 0 aliphatic carbocycles. The minimum absolute atomic E-state index is 0.633. The fourth-order valence-corrected chi connectivity index (χ4v) is 0.962. The normalized spacial score (nSPS) is 9.69. The second kappa shape index (κ2) is 5.41. The summed E-state index contributed by atoms with van der Waals surface area (Å²) in [5, 5.41) is 0. The van der Waals surface area contributed by atoms with Gasteiger partial charge in [-0.2, -0.15) is 0 Å². The predicted molar refractivity (Wildman–Crippen MR) is 51.2 cm³/mol. The first-order valence-electron chi connectivity index (χ1n) is 4.58. The Kier molecular flexibility index (Phi) is 4.09. The highest BCUT2D eigenvalue weighted by Crippen LogP contribution is 2.24. The molecule has 13 heavy (non-hydrogen) atoms. The number of hydrogen-bond acceptors (Lipinski definition) is 3. The van der Waals surface area contributed by atoms with Gasteiger partial charge in [-0.05, 0) is 13.3 Å².